The van der Waals surface area contributed by atoms with E-state index in [4.69, 9.17) is 22.1 Å². The van der Waals surface area contributed by atoms with Gasteiger partial charge in [-0.25, -0.2) is 0 Å². The molecule has 0 atom stereocenters. The van der Waals surface area contributed by atoms with Gasteiger partial charge in [0.05, 0.1) is 7.11 Å². The van der Waals surface area contributed by atoms with Gasteiger partial charge in [0.1, 0.15) is 0 Å². The van der Waals surface area contributed by atoms with Crippen LogP contribution in [0.15, 0.2) is 0 Å². The number of halogens is 1. The Bertz CT molecular complexity index is 385. The minimum absolute atomic E-state index is 0.0267. The van der Waals surface area contributed by atoms with Crippen molar-refractivity contribution in [3.8, 4) is 6.01 Å². The van der Waals surface area contributed by atoms with Crippen LogP contribution < -0.4 is 15.4 Å². The number of nitrogens with zero attached hydrogens (tertiary/aromatic N) is 4. The molecule has 1 aromatic rings. The molecule has 2 N–H and O–H groups in total. The number of ether oxygens (including phenoxy) is 1. The minimum atomic E-state index is -0.0267. The van der Waals surface area contributed by atoms with Crippen LogP contribution in [0.3, 0.4) is 0 Å². The third-order valence-corrected chi connectivity index (χ3v) is 2.49. The van der Waals surface area contributed by atoms with Gasteiger partial charge in [0.25, 0.3) is 0 Å². The second-order valence-electron chi connectivity index (χ2n) is 4.62. The van der Waals surface area contributed by atoms with Crippen LogP contribution in [0.4, 0.5) is 5.95 Å². The van der Waals surface area contributed by atoms with Crippen LogP contribution in [-0.4, -0.2) is 42.2 Å². The molecule has 1 heterocycles. The fraction of sp³-hybridized carbons (Fsp3) is 0.700. The van der Waals surface area contributed by atoms with Crippen molar-refractivity contribution in [2.45, 2.75) is 13.8 Å². The molecule has 0 saturated carbocycles. The van der Waals surface area contributed by atoms with Crippen molar-refractivity contribution in [1.29, 1.82) is 0 Å². The quantitative estimate of drug-likeness (QED) is 0.849. The highest BCUT2D eigenvalue weighted by molar-refractivity contribution is 6.28. The third-order valence-electron chi connectivity index (χ3n) is 2.32. The predicted molar refractivity (Wildman–Crippen MR) is 67.5 cm³/mol. The highest BCUT2D eigenvalue weighted by Crippen LogP contribution is 2.19. The van der Waals surface area contributed by atoms with Crippen LogP contribution in [0.1, 0.15) is 13.8 Å². The van der Waals surface area contributed by atoms with Crippen molar-refractivity contribution in [3.05, 3.63) is 5.28 Å². The zero-order valence-corrected chi connectivity index (χ0v) is 11.3. The number of nitrogens with two attached hydrogens (primary N) is 1. The highest BCUT2D eigenvalue weighted by Gasteiger charge is 2.20. The average Bonchev–Trinajstić information content (AvgIpc) is 2.27. The first-order chi connectivity index (χ1) is 7.88. The van der Waals surface area contributed by atoms with Gasteiger partial charge < -0.3 is 15.4 Å². The van der Waals surface area contributed by atoms with E-state index >= 15 is 0 Å². The molecular formula is C10H18ClN5O. The summed E-state index contributed by atoms with van der Waals surface area (Å²) in [4.78, 5) is 13.9. The summed E-state index contributed by atoms with van der Waals surface area (Å²) < 4.78 is 4.94. The van der Waals surface area contributed by atoms with Gasteiger partial charge in [-0.1, -0.05) is 13.8 Å². The molecule has 1 rings (SSSR count). The van der Waals surface area contributed by atoms with E-state index in [2.05, 4.69) is 28.8 Å². The number of hydrogen-bond acceptors (Lipinski definition) is 6. The molecule has 0 aliphatic rings. The van der Waals surface area contributed by atoms with Crippen molar-refractivity contribution in [1.82, 2.24) is 15.0 Å². The lowest BCUT2D eigenvalue weighted by molar-refractivity contribution is 0.370. The molecule has 0 radical (unpaired) electrons. The molecule has 7 heteroatoms. The molecule has 6 nitrogen and oxygen atoms in total. The second-order valence-corrected chi connectivity index (χ2v) is 4.95. The summed E-state index contributed by atoms with van der Waals surface area (Å²) in [6.07, 6.45) is 0. The number of rotatable bonds is 5. The Labute approximate surface area is 106 Å². The first kappa shape index (κ1) is 13.9. The van der Waals surface area contributed by atoms with E-state index in [9.17, 15) is 0 Å². The molecule has 0 aliphatic heterocycles. The van der Waals surface area contributed by atoms with Crippen molar-refractivity contribution >= 4 is 17.5 Å². The molecule has 0 aromatic carbocycles. The molecule has 17 heavy (non-hydrogen) atoms. The van der Waals surface area contributed by atoms with Crippen LogP contribution in [0.2, 0.25) is 5.28 Å². The Morgan fingerprint density at radius 1 is 1.35 bits per heavy atom. The van der Waals surface area contributed by atoms with E-state index in [1.54, 1.807) is 0 Å². The molecule has 0 aliphatic carbocycles. The topological polar surface area (TPSA) is 77.2 Å². The molecule has 0 bridgehead atoms. The predicted octanol–water partition coefficient (Wildman–Crippen LogP) is 0.955. The Balaban J connectivity index is 2.88. The van der Waals surface area contributed by atoms with Crippen molar-refractivity contribution in [2.75, 3.05) is 32.1 Å². The zero-order valence-electron chi connectivity index (χ0n) is 10.6. The zero-order chi connectivity index (χ0) is 13.1. The van der Waals surface area contributed by atoms with E-state index in [1.807, 2.05) is 11.9 Å². The number of anilines is 1. The summed E-state index contributed by atoms with van der Waals surface area (Å²) >= 11 is 5.78. The van der Waals surface area contributed by atoms with E-state index < -0.39 is 0 Å². The molecule has 0 saturated heterocycles. The number of methoxy groups -OCH3 is 1. The standard InChI is InChI=1S/C10H18ClN5O/c1-10(2,5-12)6-16(3)8-13-7(11)14-9(15-8)17-4/h5-6,12H2,1-4H3. The largest absolute Gasteiger partial charge is 0.467 e. The van der Waals surface area contributed by atoms with Gasteiger partial charge in [0.15, 0.2) is 0 Å². The molecule has 0 fully saturated rings. The summed E-state index contributed by atoms with van der Waals surface area (Å²) in [6.45, 7) is 5.44. The van der Waals surface area contributed by atoms with Gasteiger partial charge in [0.2, 0.25) is 11.2 Å². The fourth-order valence-electron chi connectivity index (χ4n) is 1.36. The lowest BCUT2D eigenvalue weighted by atomic mass is 9.93. The van der Waals surface area contributed by atoms with Crippen molar-refractivity contribution in [3.63, 3.8) is 0 Å². The SMILES string of the molecule is COc1nc(Cl)nc(N(C)CC(C)(C)CN)n1. The van der Waals surface area contributed by atoms with Crippen LogP contribution in [0.25, 0.3) is 0 Å². The molecular weight excluding hydrogens is 242 g/mol. The van der Waals surface area contributed by atoms with Gasteiger partial charge >= 0.3 is 6.01 Å². The van der Waals surface area contributed by atoms with Crippen LogP contribution in [-0.2, 0) is 0 Å². The molecule has 0 amide bonds. The summed E-state index contributed by atoms with van der Waals surface area (Å²) in [5.41, 5.74) is 5.66. The summed E-state index contributed by atoms with van der Waals surface area (Å²) in [5.74, 6) is 0.475. The Hall–Kier alpha value is -1.14. The maximum absolute atomic E-state index is 5.78. The second kappa shape index (κ2) is 5.46. The maximum atomic E-state index is 5.78. The van der Waals surface area contributed by atoms with Gasteiger partial charge in [-0.05, 0) is 23.6 Å². The van der Waals surface area contributed by atoms with E-state index in [1.165, 1.54) is 7.11 Å². The summed E-state index contributed by atoms with van der Waals surface area (Å²) in [7, 11) is 3.36. The molecule has 0 spiro atoms. The molecule has 1 aromatic heterocycles. The van der Waals surface area contributed by atoms with Gasteiger partial charge in [0, 0.05) is 13.6 Å². The van der Waals surface area contributed by atoms with Crippen LogP contribution >= 0.6 is 11.6 Å². The van der Waals surface area contributed by atoms with Gasteiger partial charge in [-0.2, -0.15) is 15.0 Å². The lowest BCUT2D eigenvalue weighted by Crippen LogP contribution is -2.37. The average molecular weight is 260 g/mol. The molecule has 96 valence electrons. The van der Waals surface area contributed by atoms with E-state index in [0.717, 1.165) is 0 Å². The third kappa shape index (κ3) is 3.98. The van der Waals surface area contributed by atoms with Crippen molar-refractivity contribution < 1.29 is 4.74 Å². The highest BCUT2D eigenvalue weighted by atomic mass is 35.5. The van der Waals surface area contributed by atoms with Gasteiger partial charge in [-0.3, -0.25) is 0 Å². The minimum Gasteiger partial charge on any atom is -0.467 e. The fourth-order valence-corrected chi connectivity index (χ4v) is 1.51. The smallest absolute Gasteiger partial charge is 0.322 e. The summed E-state index contributed by atoms with van der Waals surface area (Å²) in [6, 6.07) is 0.206. The van der Waals surface area contributed by atoms with Crippen LogP contribution in [0, 0.1) is 5.41 Å². The van der Waals surface area contributed by atoms with E-state index in [-0.39, 0.29) is 16.7 Å². The Morgan fingerprint density at radius 2 is 2.00 bits per heavy atom. The lowest BCUT2D eigenvalue weighted by Gasteiger charge is -2.28. The maximum Gasteiger partial charge on any atom is 0.322 e. The first-order valence-corrected chi connectivity index (χ1v) is 5.62. The van der Waals surface area contributed by atoms with Crippen molar-refractivity contribution in [2.24, 2.45) is 11.1 Å². The normalized spacial score (nSPS) is 11.4. The Morgan fingerprint density at radius 3 is 2.53 bits per heavy atom. The first-order valence-electron chi connectivity index (χ1n) is 5.25. The van der Waals surface area contributed by atoms with Crippen LogP contribution in [0.5, 0.6) is 6.01 Å². The molecule has 0 unspecified atom stereocenters. The van der Waals surface area contributed by atoms with Gasteiger partial charge in [-0.15, -0.1) is 0 Å². The summed E-state index contributed by atoms with van der Waals surface area (Å²) in [5, 5.41) is 0.115. The number of aromatic nitrogens is 3. The van der Waals surface area contributed by atoms with E-state index in [0.29, 0.717) is 19.0 Å². The Kier molecular flexibility index (Phi) is 4.47. The number of hydrogen-bond donors (Lipinski definition) is 1. The monoisotopic (exact) mass is 259 g/mol.